The average molecular weight is 435 g/mol. The number of alkyl halides is 3. The number of methoxy groups -OCH3 is 1. The lowest BCUT2D eigenvalue weighted by Gasteiger charge is -2.20. The van der Waals surface area contributed by atoms with E-state index in [4.69, 9.17) is 4.74 Å². The molecular weight excluding hydrogens is 423 g/mol. The van der Waals surface area contributed by atoms with Crippen molar-refractivity contribution in [3.63, 3.8) is 0 Å². The molecule has 0 fully saturated rings. The fraction of sp³-hybridized carbons (Fsp3) is 0.176. The van der Waals surface area contributed by atoms with Crippen LogP contribution in [-0.2, 0) is 12.7 Å². The van der Waals surface area contributed by atoms with Gasteiger partial charge in [0.1, 0.15) is 0 Å². The molecule has 4 heterocycles. The van der Waals surface area contributed by atoms with Crippen LogP contribution in [0.15, 0.2) is 47.5 Å². The third kappa shape index (κ3) is 4.20. The summed E-state index contributed by atoms with van der Waals surface area (Å²) in [6.07, 6.45) is 1.46. The van der Waals surface area contributed by atoms with Gasteiger partial charge in [0.25, 0.3) is 0 Å². The van der Waals surface area contributed by atoms with Crippen molar-refractivity contribution in [2.45, 2.75) is 12.7 Å². The Bertz CT molecular complexity index is 1130. The number of nitrogens with zero attached hydrogens (tertiary/aromatic N) is 7. The number of thiophene rings is 1. The minimum Gasteiger partial charge on any atom is -0.481 e. The highest BCUT2D eigenvalue weighted by atomic mass is 32.1. The molecule has 0 radical (unpaired) electrons. The summed E-state index contributed by atoms with van der Waals surface area (Å²) < 4.78 is 47.5. The molecule has 0 unspecified atom stereocenters. The first-order valence-corrected chi connectivity index (χ1v) is 9.16. The molecule has 4 aromatic heterocycles. The van der Waals surface area contributed by atoms with Crippen LogP contribution in [0.5, 0.6) is 5.88 Å². The van der Waals surface area contributed by atoms with Crippen molar-refractivity contribution in [3.05, 3.63) is 53.8 Å². The summed E-state index contributed by atoms with van der Waals surface area (Å²) in [5, 5.41) is 3.41. The number of hydrogen-bond donors (Lipinski definition) is 0. The van der Waals surface area contributed by atoms with Crippen LogP contribution in [0, 0.1) is 0 Å². The van der Waals surface area contributed by atoms with E-state index in [0.29, 0.717) is 22.5 Å². The number of rotatable bonds is 6. The minimum atomic E-state index is -4.70. The second kappa shape index (κ2) is 8.02. The molecule has 9 nitrogen and oxygen atoms in total. The molecule has 0 N–H and O–H groups in total. The summed E-state index contributed by atoms with van der Waals surface area (Å²) in [6, 6.07) is 4.97. The molecule has 4 aromatic rings. The summed E-state index contributed by atoms with van der Waals surface area (Å²) in [6.45, 7) is 0.278. The molecule has 4 rings (SSSR count). The number of ether oxygens (including phenoxy) is 1. The van der Waals surface area contributed by atoms with Crippen LogP contribution in [-0.4, -0.2) is 37.2 Å². The Labute approximate surface area is 171 Å². The maximum Gasteiger partial charge on any atom is 0.471 e. The van der Waals surface area contributed by atoms with E-state index < -0.39 is 12.1 Å². The van der Waals surface area contributed by atoms with Gasteiger partial charge in [-0.05, 0) is 12.1 Å². The van der Waals surface area contributed by atoms with Gasteiger partial charge in [-0.3, -0.25) is 9.88 Å². The van der Waals surface area contributed by atoms with E-state index in [2.05, 4.69) is 34.6 Å². The summed E-state index contributed by atoms with van der Waals surface area (Å²) in [4.78, 5) is 23.3. The van der Waals surface area contributed by atoms with Crippen molar-refractivity contribution < 1.29 is 22.4 Å². The highest BCUT2D eigenvalue weighted by molar-refractivity contribution is 7.15. The Hall–Kier alpha value is -3.61. The quantitative estimate of drug-likeness (QED) is 0.448. The van der Waals surface area contributed by atoms with Gasteiger partial charge >= 0.3 is 12.1 Å². The van der Waals surface area contributed by atoms with E-state index in [1.165, 1.54) is 30.8 Å². The van der Waals surface area contributed by atoms with E-state index in [-0.39, 0.29) is 12.4 Å². The second-order valence-electron chi connectivity index (χ2n) is 5.74. The van der Waals surface area contributed by atoms with Crippen LogP contribution >= 0.6 is 11.3 Å². The van der Waals surface area contributed by atoms with Gasteiger partial charge in [0.2, 0.25) is 17.7 Å². The molecule has 13 heteroatoms. The van der Waals surface area contributed by atoms with Gasteiger partial charge in [-0.25, -0.2) is 9.97 Å². The fourth-order valence-electron chi connectivity index (χ4n) is 2.44. The predicted molar refractivity (Wildman–Crippen MR) is 99.1 cm³/mol. The molecule has 0 aliphatic rings. The second-order valence-corrected chi connectivity index (χ2v) is 6.90. The zero-order chi connectivity index (χ0) is 21.1. The Morgan fingerprint density at radius 2 is 1.97 bits per heavy atom. The molecule has 154 valence electrons. The Balaban J connectivity index is 1.63. The van der Waals surface area contributed by atoms with Crippen molar-refractivity contribution >= 4 is 23.1 Å². The third-order valence-corrected chi connectivity index (χ3v) is 4.82. The SMILES string of the molecule is COc1ccnc(N(Cc2ccc(-c3noc(C(F)(F)F)n3)s2)c2cnccn2)n1. The molecule has 0 aliphatic heterocycles. The van der Waals surface area contributed by atoms with Crippen molar-refractivity contribution in [1.29, 1.82) is 0 Å². The third-order valence-electron chi connectivity index (χ3n) is 3.76. The number of hydrogen-bond acceptors (Lipinski definition) is 10. The smallest absolute Gasteiger partial charge is 0.471 e. The van der Waals surface area contributed by atoms with Gasteiger partial charge in [0.15, 0.2) is 5.82 Å². The fourth-order valence-corrected chi connectivity index (χ4v) is 3.36. The molecular formula is C17H12F3N7O2S. The van der Waals surface area contributed by atoms with Crippen LogP contribution in [0.25, 0.3) is 10.7 Å². The average Bonchev–Trinajstić information content (AvgIpc) is 3.42. The van der Waals surface area contributed by atoms with Crippen LogP contribution in [0.2, 0.25) is 0 Å². The van der Waals surface area contributed by atoms with Gasteiger partial charge < -0.3 is 9.26 Å². The number of aromatic nitrogens is 6. The van der Waals surface area contributed by atoms with Gasteiger partial charge in [-0.2, -0.15) is 23.1 Å². The Morgan fingerprint density at radius 1 is 1.10 bits per heavy atom. The van der Waals surface area contributed by atoms with Gasteiger partial charge in [-0.1, -0.05) is 5.16 Å². The maximum absolute atomic E-state index is 12.7. The van der Waals surface area contributed by atoms with Crippen LogP contribution < -0.4 is 9.64 Å². The monoisotopic (exact) mass is 435 g/mol. The highest BCUT2D eigenvalue weighted by Crippen LogP contribution is 2.33. The molecule has 0 saturated heterocycles. The van der Waals surface area contributed by atoms with Crippen LogP contribution in [0.1, 0.15) is 10.8 Å². The standard InChI is InChI=1S/C17H12F3N7O2S/c1-28-13-4-5-23-16(24-13)27(12-8-21-6-7-22-12)9-10-2-3-11(30-10)14-25-15(29-26-14)17(18,19)20/h2-8H,9H2,1H3. The van der Waals surface area contributed by atoms with Crippen molar-refractivity contribution in [2.24, 2.45) is 0 Å². The van der Waals surface area contributed by atoms with Crippen molar-refractivity contribution in [2.75, 3.05) is 12.0 Å². The molecule has 0 aromatic carbocycles. The normalized spacial score (nSPS) is 11.5. The van der Waals surface area contributed by atoms with E-state index in [1.54, 1.807) is 35.5 Å². The maximum atomic E-state index is 12.7. The predicted octanol–water partition coefficient (Wildman–Crippen LogP) is 3.74. The number of halogens is 3. The summed E-state index contributed by atoms with van der Waals surface area (Å²) in [5.41, 5.74) is 0. The first-order chi connectivity index (χ1) is 14.4. The van der Waals surface area contributed by atoms with E-state index in [9.17, 15) is 13.2 Å². The van der Waals surface area contributed by atoms with Gasteiger partial charge in [0.05, 0.1) is 24.7 Å². The van der Waals surface area contributed by atoms with E-state index in [0.717, 1.165) is 4.88 Å². The zero-order valence-corrected chi connectivity index (χ0v) is 16.1. The Kier molecular flexibility index (Phi) is 5.27. The van der Waals surface area contributed by atoms with Crippen molar-refractivity contribution in [3.8, 4) is 16.6 Å². The topological polar surface area (TPSA) is 103 Å². The molecule has 0 spiro atoms. The summed E-state index contributed by atoms with van der Waals surface area (Å²) in [5.74, 6) is -0.351. The number of anilines is 2. The lowest BCUT2D eigenvalue weighted by Crippen LogP contribution is -2.19. The lowest BCUT2D eigenvalue weighted by molar-refractivity contribution is -0.159. The molecule has 0 amide bonds. The largest absolute Gasteiger partial charge is 0.481 e. The first kappa shape index (κ1) is 19.7. The molecule has 0 bridgehead atoms. The lowest BCUT2D eigenvalue weighted by atomic mass is 10.4. The summed E-state index contributed by atoms with van der Waals surface area (Å²) >= 11 is 1.21. The van der Waals surface area contributed by atoms with Crippen molar-refractivity contribution in [1.82, 2.24) is 30.1 Å². The van der Waals surface area contributed by atoms with Gasteiger partial charge in [-0.15, -0.1) is 11.3 Å². The first-order valence-electron chi connectivity index (χ1n) is 8.34. The summed E-state index contributed by atoms with van der Waals surface area (Å²) in [7, 11) is 1.49. The molecule has 0 aliphatic carbocycles. The highest BCUT2D eigenvalue weighted by Gasteiger charge is 2.38. The van der Waals surface area contributed by atoms with Gasteiger partial charge in [0, 0.05) is 29.5 Å². The van der Waals surface area contributed by atoms with Crippen LogP contribution in [0.4, 0.5) is 24.9 Å². The van der Waals surface area contributed by atoms with E-state index in [1.807, 2.05) is 0 Å². The zero-order valence-electron chi connectivity index (χ0n) is 15.2. The van der Waals surface area contributed by atoms with Crippen LogP contribution in [0.3, 0.4) is 0 Å². The Morgan fingerprint density at radius 3 is 2.67 bits per heavy atom. The molecule has 0 atom stereocenters. The minimum absolute atomic E-state index is 0.137. The van der Waals surface area contributed by atoms with E-state index >= 15 is 0 Å². The molecule has 30 heavy (non-hydrogen) atoms. The molecule has 0 saturated carbocycles.